The minimum Gasteiger partial charge on any atom is -0.324 e. The fourth-order valence-corrected chi connectivity index (χ4v) is 5.17. The van der Waals surface area contributed by atoms with Crippen molar-refractivity contribution in [2.24, 2.45) is 0 Å². The molecule has 0 saturated carbocycles. The van der Waals surface area contributed by atoms with Crippen molar-refractivity contribution >= 4 is 68.0 Å². The third-order valence-corrected chi connectivity index (χ3v) is 7.57. The molecule has 3 aromatic rings. The number of halogens is 7. The summed E-state index contributed by atoms with van der Waals surface area (Å²) < 4.78 is 67.6. The van der Waals surface area contributed by atoms with Gasteiger partial charge in [0.2, 0.25) is 15.9 Å². The predicted octanol–water partition coefficient (Wildman–Crippen LogP) is 7.15. The standard InChI is InChI=1S/C22H15Cl4F3N2O3S/c23-14-3-6-17(7-4-14)35(33,34)31(11-13-1-2-16(25)10-19(13)26)12-21(32)30-20-8-5-15(24)9-18(20)22(27,28)29/h1-10H,11-12H2,(H,30,32). The third kappa shape index (κ3) is 7.03. The van der Waals surface area contributed by atoms with Crippen LogP contribution in [0.15, 0.2) is 65.6 Å². The summed E-state index contributed by atoms with van der Waals surface area (Å²) in [6.07, 6.45) is -4.81. The normalized spacial score (nSPS) is 12.1. The Bertz CT molecular complexity index is 1350. The highest BCUT2D eigenvalue weighted by Crippen LogP contribution is 2.36. The van der Waals surface area contributed by atoms with Crippen molar-refractivity contribution in [3.8, 4) is 0 Å². The Morgan fingerprint density at radius 1 is 0.857 bits per heavy atom. The average Bonchev–Trinajstić information content (AvgIpc) is 2.75. The van der Waals surface area contributed by atoms with Crippen molar-refractivity contribution in [2.75, 3.05) is 11.9 Å². The molecular formula is C22H15Cl4F3N2O3S. The van der Waals surface area contributed by atoms with Gasteiger partial charge in [-0.3, -0.25) is 4.79 Å². The van der Waals surface area contributed by atoms with Crippen molar-refractivity contribution in [3.05, 3.63) is 91.9 Å². The minimum absolute atomic E-state index is 0.145. The van der Waals surface area contributed by atoms with Gasteiger partial charge < -0.3 is 5.32 Å². The lowest BCUT2D eigenvalue weighted by Crippen LogP contribution is -2.38. The van der Waals surface area contributed by atoms with Crippen molar-refractivity contribution < 1.29 is 26.4 Å². The van der Waals surface area contributed by atoms with E-state index in [1.165, 1.54) is 48.5 Å². The molecule has 186 valence electrons. The Kier molecular flexibility index (Phi) is 8.62. The summed E-state index contributed by atoms with van der Waals surface area (Å²) in [5.74, 6) is -1.01. The molecular weight excluding hydrogens is 571 g/mol. The molecule has 0 aliphatic carbocycles. The van der Waals surface area contributed by atoms with Gasteiger partial charge in [-0.25, -0.2) is 8.42 Å². The molecule has 0 spiro atoms. The molecule has 0 radical (unpaired) electrons. The number of carbonyl (C=O) groups is 1. The number of amides is 1. The predicted molar refractivity (Wildman–Crippen MR) is 131 cm³/mol. The molecule has 0 saturated heterocycles. The lowest BCUT2D eigenvalue weighted by molar-refractivity contribution is -0.137. The van der Waals surface area contributed by atoms with Crippen molar-refractivity contribution in [3.63, 3.8) is 0 Å². The van der Waals surface area contributed by atoms with Crippen LogP contribution in [0.1, 0.15) is 11.1 Å². The van der Waals surface area contributed by atoms with Crippen LogP contribution in [-0.4, -0.2) is 25.2 Å². The molecule has 0 aliphatic heterocycles. The number of rotatable bonds is 7. The summed E-state index contributed by atoms with van der Waals surface area (Å²) in [4.78, 5) is 12.6. The van der Waals surface area contributed by atoms with Gasteiger partial charge in [0.1, 0.15) is 0 Å². The largest absolute Gasteiger partial charge is 0.418 e. The number of benzene rings is 3. The number of anilines is 1. The van der Waals surface area contributed by atoms with Crippen LogP contribution in [0, 0.1) is 0 Å². The van der Waals surface area contributed by atoms with Crippen LogP contribution in [0.4, 0.5) is 18.9 Å². The summed E-state index contributed by atoms with van der Waals surface area (Å²) in [5, 5.41) is 2.68. The van der Waals surface area contributed by atoms with Crippen LogP contribution < -0.4 is 5.32 Å². The number of sulfonamides is 1. The van der Waals surface area contributed by atoms with E-state index in [4.69, 9.17) is 46.4 Å². The monoisotopic (exact) mass is 584 g/mol. The second kappa shape index (κ2) is 10.9. The molecule has 1 N–H and O–H groups in total. The van der Waals surface area contributed by atoms with Gasteiger partial charge in [-0.1, -0.05) is 52.5 Å². The molecule has 0 heterocycles. The van der Waals surface area contributed by atoms with Crippen LogP contribution in [0.25, 0.3) is 0 Å². The van der Waals surface area contributed by atoms with Gasteiger partial charge in [0.15, 0.2) is 0 Å². The lowest BCUT2D eigenvalue weighted by atomic mass is 10.1. The van der Waals surface area contributed by atoms with E-state index in [1.54, 1.807) is 0 Å². The SMILES string of the molecule is O=C(CN(Cc1ccc(Cl)cc1Cl)S(=O)(=O)c1ccc(Cl)cc1)Nc1ccc(Cl)cc1C(F)(F)F. The maximum absolute atomic E-state index is 13.4. The molecule has 0 aromatic heterocycles. The molecule has 3 aromatic carbocycles. The van der Waals surface area contributed by atoms with Gasteiger partial charge in [-0.05, 0) is 60.2 Å². The van der Waals surface area contributed by atoms with Crippen molar-refractivity contribution in [1.82, 2.24) is 4.31 Å². The summed E-state index contributed by atoms with van der Waals surface area (Å²) in [6, 6.07) is 12.4. The molecule has 0 unspecified atom stereocenters. The first-order valence-corrected chi connectivity index (χ1v) is 12.6. The third-order valence-electron chi connectivity index (χ3n) is 4.69. The maximum Gasteiger partial charge on any atom is 0.418 e. The van der Waals surface area contributed by atoms with E-state index >= 15 is 0 Å². The van der Waals surface area contributed by atoms with Crippen LogP contribution in [0.3, 0.4) is 0 Å². The summed E-state index contributed by atoms with van der Waals surface area (Å²) >= 11 is 23.6. The molecule has 5 nitrogen and oxygen atoms in total. The Balaban J connectivity index is 1.95. The summed E-state index contributed by atoms with van der Waals surface area (Å²) in [5.41, 5.74) is -1.42. The number of hydrogen-bond acceptors (Lipinski definition) is 3. The first kappa shape index (κ1) is 27.6. The molecule has 1 amide bonds. The Morgan fingerprint density at radius 2 is 1.43 bits per heavy atom. The van der Waals surface area contributed by atoms with Gasteiger partial charge in [-0.15, -0.1) is 0 Å². The number of carbonyl (C=O) groups excluding carboxylic acids is 1. The second-order valence-electron chi connectivity index (χ2n) is 7.20. The fourth-order valence-electron chi connectivity index (χ4n) is 3.03. The molecule has 0 aliphatic rings. The summed E-state index contributed by atoms with van der Waals surface area (Å²) in [7, 11) is -4.30. The van der Waals surface area contributed by atoms with Crippen LogP contribution >= 0.6 is 46.4 Å². The highest BCUT2D eigenvalue weighted by atomic mass is 35.5. The zero-order valence-corrected chi connectivity index (χ0v) is 21.3. The Morgan fingerprint density at radius 3 is 2.03 bits per heavy atom. The van der Waals surface area contributed by atoms with Crippen LogP contribution in [0.5, 0.6) is 0 Å². The van der Waals surface area contributed by atoms with Gasteiger partial charge in [0, 0.05) is 26.6 Å². The zero-order chi connectivity index (χ0) is 26.0. The average molecular weight is 586 g/mol. The maximum atomic E-state index is 13.4. The van der Waals surface area contributed by atoms with E-state index in [0.717, 1.165) is 10.4 Å². The van der Waals surface area contributed by atoms with Gasteiger partial charge in [0.25, 0.3) is 0 Å². The Labute approximate surface area is 219 Å². The van der Waals surface area contributed by atoms with Crippen LogP contribution in [0.2, 0.25) is 20.1 Å². The Hall–Kier alpha value is -2.01. The van der Waals surface area contributed by atoms with Crippen molar-refractivity contribution in [1.29, 1.82) is 0 Å². The zero-order valence-electron chi connectivity index (χ0n) is 17.4. The number of nitrogens with zero attached hydrogens (tertiary/aromatic N) is 1. The highest BCUT2D eigenvalue weighted by molar-refractivity contribution is 7.89. The molecule has 0 bridgehead atoms. The van der Waals surface area contributed by atoms with E-state index in [1.807, 2.05) is 0 Å². The number of alkyl halides is 3. The first-order chi connectivity index (χ1) is 16.3. The fraction of sp³-hybridized carbons (Fsp3) is 0.136. The van der Waals surface area contributed by atoms with Gasteiger partial charge >= 0.3 is 6.18 Å². The molecule has 35 heavy (non-hydrogen) atoms. The smallest absolute Gasteiger partial charge is 0.324 e. The molecule has 3 rings (SSSR count). The van der Waals surface area contributed by atoms with Crippen molar-refractivity contribution in [2.45, 2.75) is 17.6 Å². The van der Waals surface area contributed by atoms with Gasteiger partial charge in [0.05, 0.1) is 22.7 Å². The quantitative estimate of drug-likeness (QED) is 0.320. The minimum atomic E-state index is -4.81. The molecule has 13 heteroatoms. The van der Waals surface area contributed by atoms with E-state index in [9.17, 15) is 26.4 Å². The van der Waals surface area contributed by atoms with E-state index in [0.29, 0.717) is 16.7 Å². The molecule has 0 fully saturated rings. The first-order valence-electron chi connectivity index (χ1n) is 9.63. The van der Waals surface area contributed by atoms with E-state index < -0.39 is 39.9 Å². The second-order valence-corrected chi connectivity index (χ2v) is 10.9. The van der Waals surface area contributed by atoms with E-state index in [2.05, 4.69) is 5.32 Å². The summed E-state index contributed by atoms with van der Waals surface area (Å²) in [6.45, 7) is -1.18. The lowest BCUT2D eigenvalue weighted by Gasteiger charge is -2.23. The van der Waals surface area contributed by atoms with Gasteiger partial charge in [-0.2, -0.15) is 17.5 Å². The highest BCUT2D eigenvalue weighted by Gasteiger charge is 2.35. The molecule has 0 atom stereocenters. The van der Waals surface area contributed by atoms with Crippen LogP contribution in [-0.2, 0) is 27.5 Å². The number of nitrogens with one attached hydrogen (secondary N) is 1. The number of hydrogen-bond donors (Lipinski definition) is 1. The van der Waals surface area contributed by atoms with E-state index in [-0.39, 0.29) is 26.5 Å². The topological polar surface area (TPSA) is 66.5 Å².